The molecule has 8 heteroatoms. The number of carboxylic acid groups (broad SMARTS) is 1. The zero-order valence-corrected chi connectivity index (χ0v) is 26.7. The molecule has 0 aromatic heterocycles. The number of aliphatic carboxylic acids is 1. The third kappa shape index (κ3) is 8.80. The van der Waals surface area contributed by atoms with Crippen molar-refractivity contribution in [3.8, 4) is 0 Å². The highest BCUT2D eigenvalue weighted by atomic mass is 16.4. The van der Waals surface area contributed by atoms with Crippen molar-refractivity contribution < 1.29 is 25.0 Å². The minimum atomic E-state index is -1.32. The summed E-state index contributed by atoms with van der Waals surface area (Å²) in [5, 5.41) is 40.6. The van der Waals surface area contributed by atoms with Gasteiger partial charge < -0.3 is 36.1 Å². The zero-order valence-electron chi connectivity index (χ0n) is 26.7. The number of fused-ring (bicyclic) bond motifs is 5. The van der Waals surface area contributed by atoms with Crippen molar-refractivity contribution in [3.63, 3.8) is 0 Å². The van der Waals surface area contributed by atoms with Crippen LogP contribution < -0.4 is 26.4 Å². The van der Waals surface area contributed by atoms with Crippen LogP contribution >= 0.6 is 0 Å². The monoisotopic (exact) mass is 598 g/mol. The molecule has 4 aliphatic rings. The lowest BCUT2D eigenvalue weighted by atomic mass is 9.73. The summed E-state index contributed by atoms with van der Waals surface area (Å²) in [5.41, 5.74) is 7.64. The van der Waals surface area contributed by atoms with Crippen LogP contribution in [0.2, 0.25) is 0 Å². The number of quaternary nitrogens is 1. The van der Waals surface area contributed by atoms with E-state index in [1.54, 1.807) is 4.90 Å². The number of hydrogen-bond donors (Lipinski definition) is 6. The number of piperidine rings is 3. The fourth-order valence-corrected chi connectivity index (χ4v) is 9.27. The maximum absolute atomic E-state index is 11.6. The van der Waals surface area contributed by atoms with Crippen LogP contribution in [0.3, 0.4) is 0 Å². The molecule has 0 saturated carbocycles. The summed E-state index contributed by atoms with van der Waals surface area (Å²) in [6.45, 7) is 5.78. The third-order valence-electron chi connectivity index (χ3n) is 11.6. The van der Waals surface area contributed by atoms with Crippen LogP contribution in [0.5, 0.6) is 0 Å². The van der Waals surface area contributed by atoms with Gasteiger partial charge in [-0.15, -0.1) is 0 Å². The van der Waals surface area contributed by atoms with Gasteiger partial charge in [-0.05, 0) is 88.2 Å². The molecule has 1 aromatic rings. The van der Waals surface area contributed by atoms with E-state index in [-0.39, 0.29) is 36.8 Å². The van der Waals surface area contributed by atoms with Gasteiger partial charge in [-0.25, -0.2) is 0 Å². The first-order valence-electron chi connectivity index (χ1n) is 17.3. The van der Waals surface area contributed by atoms with Crippen molar-refractivity contribution in [2.45, 2.75) is 152 Å². The van der Waals surface area contributed by atoms with Gasteiger partial charge in [0.05, 0.1) is 24.4 Å². The van der Waals surface area contributed by atoms with Crippen LogP contribution in [0.1, 0.15) is 108 Å². The summed E-state index contributed by atoms with van der Waals surface area (Å²) in [7, 11) is 0. The SMILES string of the molecule is C[C@@H]1[C@H](O)CC[C@@H]2C[C@@H]([C@H]3CCCCCC[C@@](O)(CC(=O)[O-])CN[C@@]4(C)C[C@@H](Cc5cccc(c5)C3)N[C@H](N)C4)CC[NH+]21. The van der Waals surface area contributed by atoms with Crippen molar-refractivity contribution in [2.75, 3.05) is 13.1 Å². The van der Waals surface area contributed by atoms with E-state index in [9.17, 15) is 20.1 Å². The van der Waals surface area contributed by atoms with E-state index >= 15 is 0 Å². The average molecular weight is 599 g/mol. The van der Waals surface area contributed by atoms with Gasteiger partial charge in [0.25, 0.3) is 0 Å². The summed E-state index contributed by atoms with van der Waals surface area (Å²) >= 11 is 0. The largest absolute Gasteiger partial charge is 0.550 e. The topological polar surface area (TPSA) is 135 Å². The lowest BCUT2D eigenvalue weighted by Crippen LogP contribution is -3.22. The minimum absolute atomic E-state index is 0.159. The van der Waals surface area contributed by atoms with Gasteiger partial charge in [-0.1, -0.05) is 49.9 Å². The van der Waals surface area contributed by atoms with Crippen LogP contribution in [0.15, 0.2) is 24.3 Å². The molecule has 3 fully saturated rings. The van der Waals surface area contributed by atoms with Crippen molar-refractivity contribution in [1.29, 1.82) is 0 Å². The molecule has 0 aliphatic carbocycles. The molecule has 1 unspecified atom stereocenters. The standard InChI is InChI=1S/C35H58N4O4/c1-24-31(40)12-11-30-19-28(13-15-39(24)30)27-10-5-3-4-6-14-35(43,22-33(41)42)23-37-34(2)20-29(38-32(36)21-34)18-26-9-7-8-25(16-26)17-27/h7-9,16,24,27-32,37-38,40,43H,3-6,10-15,17-23,36H2,1-2H3,(H,41,42)/t24-,27+,28+,29-,30-,31-,32+,34+,35-/m1/s1. The Morgan fingerprint density at radius 1 is 1.07 bits per heavy atom. The highest BCUT2D eigenvalue weighted by Gasteiger charge is 2.43. The molecule has 7 N–H and O–H groups in total. The molecule has 4 aliphatic heterocycles. The Hall–Kier alpha value is -1.55. The van der Waals surface area contributed by atoms with Gasteiger partial charge in [0.2, 0.25) is 0 Å². The smallest absolute Gasteiger partial charge is 0.111 e. The first-order chi connectivity index (χ1) is 20.5. The summed E-state index contributed by atoms with van der Waals surface area (Å²) in [5.74, 6) is 0.152. The maximum Gasteiger partial charge on any atom is 0.111 e. The summed E-state index contributed by atoms with van der Waals surface area (Å²) < 4.78 is 0. The van der Waals surface area contributed by atoms with Crippen molar-refractivity contribution in [2.24, 2.45) is 17.6 Å². The molecular formula is C35H58N4O4. The first kappa shape index (κ1) is 32.8. The van der Waals surface area contributed by atoms with Crippen LogP contribution in [-0.4, -0.2) is 70.8 Å². The molecule has 0 spiro atoms. The second kappa shape index (κ2) is 14.3. The van der Waals surface area contributed by atoms with E-state index in [4.69, 9.17) is 5.73 Å². The molecule has 43 heavy (non-hydrogen) atoms. The fraction of sp³-hybridized carbons (Fsp3) is 0.800. The van der Waals surface area contributed by atoms with Gasteiger partial charge in [0.15, 0.2) is 0 Å². The number of nitrogens with two attached hydrogens (primary N) is 1. The molecule has 4 heterocycles. The van der Waals surface area contributed by atoms with Crippen LogP contribution in [-0.2, 0) is 17.6 Å². The number of carbonyl (C=O) groups excluding carboxylic acids is 1. The number of benzene rings is 1. The maximum atomic E-state index is 11.6. The minimum Gasteiger partial charge on any atom is -0.550 e. The van der Waals surface area contributed by atoms with Crippen LogP contribution in [0.25, 0.3) is 0 Å². The molecule has 0 radical (unpaired) electrons. The molecule has 5 rings (SSSR count). The van der Waals surface area contributed by atoms with E-state index in [1.807, 2.05) is 0 Å². The molecule has 4 bridgehead atoms. The Kier molecular flexibility index (Phi) is 10.9. The lowest BCUT2D eigenvalue weighted by Gasteiger charge is -2.46. The predicted octanol–water partition coefficient (Wildman–Crippen LogP) is 1.20. The zero-order chi connectivity index (χ0) is 30.6. The molecule has 0 amide bonds. The number of aliphatic hydroxyl groups is 2. The van der Waals surface area contributed by atoms with Gasteiger partial charge in [0.1, 0.15) is 12.1 Å². The Bertz CT molecular complexity index is 1070. The summed E-state index contributed by atoms with van der Waals surface area (Å²) in [6.07, 6.45) is 13.2. The molecule has 3 saturated heterocycles. The van der Waals surface area contributed by atoms with Gasteiger partial charge in [-0.3, -0.25) is 5.32 Å². The molecule has 242 valence electrons. The summed E-state index contributed by atoms with van der Waals surface area (Å²) in [4.78, 5) is 13.2. The Labute approximate surface area is 259 Å². The molecule has 8 nitrogen and oxygen atoms in total. The summed E-state index contributed by atoms with van der Waals surface area (Å²) in [6, 6.07) is 10.4. The number of aliphatic hydroxyl groups excluding tert-OH is 1. The number of nitrogens with one attached hydrogen (secondary N) is 3. The first-order valence-corrected chi connectivity index (χ1v) is 17.3. The van der Waals surface area contributed by atoms with Gasteiger partial charge >= 0.3 is 0 Å². The number of carbonyl (C=O) groups is 1. The molecule has 1 aromatic carbocycles. The van der Waals surface area contributed by atoms with E-state index in [1.165, 1.54) is 36.9 Å². The number of carboxylic acids is 1. The highest BCUT2D eigenvalue weighted by molar-refractivity contribution is 5.65. The second-order valence-electron chi connectivity index (χ2n) is 15.2. The molecule has 10 atom stereocenters. The highest BCUT2D eigenvalue weighted by Crippen LogP contribution is 2.34. The van der Waals surface area contributed by atoms with Crippen LogP contribution in [0, 0.1) is 11.8 Å². The quantitative estimate of drug-likeness (QED) is 0.308. The van der Waals surface area contributed by atoms with E-state index in [0.717, 1.165) is 57.8 Å². The van der Waals surface area contributed by atoms with E-state index in [2.05, 4.69) is 48.7 Å². The van der Waals surface area contributed by atoms with Crippen LogP contribution in [0.4, 0.5) is 0 Å². The average Bonchev–Trinajstić information content (AvgIpc) is 2.94. The van der Waals surface area contributed by atoms with Gasteiger partial charge in [-0.2, -0.15) is 0 Å². The Balaban J connectivity index is 1.34. The van der Waals surface area contributed by atoms with Crippen molar-refractivity contribution in [3.05, 3.63) is 35.4 Å². The van der Waals surface area contributed by atoms with Gasteiger partial charge in [0, 0.05) is 43.4 Å². The Morgan fingerprint density at radius 2 is 1.84 bits per heavy atom. The number of rotatable bonds is 3. The van der Waals surface area contributed by atoms with Crippen molar-refractivity contribution >= 4 is 5.97 Å². The Morgan fingerprint density at radius 3 is 2.63 bits per heavy atom. The number of hydrogen-bond acceptors (Lipinski definition) is 7. The van der Waals surface area contributed by atoms with E-state index < -0.39 is 11.6 Å². The van der Waals surface area contributed by atoms with Crippen molar-refractivity contribution in [1.82, 2.24) is 10.6 Å². The lowest BCUT2D eigenvalue weighted by molar-refractivity contribution is -0.963. The predicted molar refractivity (Wildman–Crippen MR) is 167 cm³/mol. The fourth-order valence-electron chi connectivity index (χ4n) is 9.27. The number of β-amino-alcohol motifs (C(OH)–C–C–N with tert-alkyl or cyclic N) is 1. The third-order valence-corrected chi connectivity index (χ3v) is 11.6. The molecular weight excluding hydrogens is 540 g/mol. The van der Waals surface area contributed by atoms with E-state index in [0.29, 0.717) is 36.8 Å². The normalized spacial score (nSPS) is 41.8. The second-order valence-corrected chi connectivity index (χ2v) is 15.2.